The Hall–Kier alpha value is -4.25. The summed E-state index contributed by atoms with van der Waals surface area (Å²) in [6.45, 7) is 0.207. The lowest BCUT2D eigenvalue weighted by molar-refractivity contribution is -0.274. The number of carbonyl (C=O) groups excluding carboxylic acids is 1. The molecule has 0 spiro atoms. The van der Waals surface area contributed by atoms with Gasteiger partial charge in [0.1, 0.15) is 23.4 Å². The van der Waals surface area contributed by atoms with Crippen molar-refractivity contribution in [2.75, 3.05) is 12.4 Å². The van der Waals surface area contributed by atoms with Gasteiger partial charge in [0, 0.05) is 0 Å². The minimum absolute atomic E-state index is 0.207. The van der Waals surface area contributed by atoms with Crippen molar-refractivity contribution in [3.8, 4) is 17.2 Å². The number of methoxy groups -OCH3 is 1. The third-order valence-electron chi connectivity index (χ3n) is 3.90. The molecule has 0 unspecified atom stereocenters. The summed E-state index contributed by atoms with van der Waals surface area (Å²) in [6.07, 6.45) is -3.34. The van der Waals surface area contributed by atoms with E-state index in [1.165, 1.54) is 54.5 Å². The Bertz CT molecular complexity index is 1120. The maximum absolute atomic E-state index is 12.2. The second kappa shape index (κ2) is 9.05. The molecule has 0 aliphatic heterocycles. The van der Waals surface area contributed by atoms with Gasteiger partial charge in [-0.05, 0) is 42.5 Å². The number of aromatic nitrogens is 3. The van der Waals surface area contributed by atoms with Crippen molar-refractivity contribution >= 4 is 11.6 Å². The topological polar surface area (TPSA) is 129 Å². The zero-order valence-electron chi connectivity index (χ0n) is 15.9. The highest BCUT2D eigenvalue weighted by Gasteiger charge is 2.31. The van der Waals surface area contributed by atoms with Crippen LogP contribution in [0.4, 0.5) is 18.9 Å². The average Bonchev–Trinajstić information content (AvgIpc) is 3.20. The van der Waals surface area contributed by atoms with Crippen LogP contribution in [0.25, 0.3) is 5.69 Å². The van der Waals surface area contributed by atoms with Gasteiger partial charge in [0.25, 0.3) is 0 Å². The molecule has 2 N–H and O–H groups in total. The summed E-state index contributed by atoms with van der Waals surface area (Å²) in [7, 11) is 1.43. The van der Waals surface area contributed by atoms with Gasteiger partial charge in [-0.1, -0.05) is 0 Å². The van der Waals surface area contributed by atoms with Gasteiger partial charge in [0.05, 0.1) is 30.6 Å². The molecule has 0 atom stereocenters. The molecule has 31 heavy (non-hydrogen) atoms. The quantitative estimate of drug-likeness (QED) is 0.433. The first kappa shape index (κ1) is 21.5. The molecule has 3 aromatic rings. The largest absolute Gasteiger partial charge is 0.573 e. The highest BCUT2D eigenvalue weighted by molar-refractivity contribution is 5.95. The lowest BCUT2D eigenvalue weighted by Gasteiger charge is -2.10. The molecule has 1 amide bonds. The van der Waals surface area contributed by atoms with E-state index in [9.17, 15) is 18.0 Å². The van der Waals surface area contributed by atoms with Crippen LogP contribution in [-0.2, 0) is 6.54 Å². The van der Waals surface area contributed by atoms with Gasteiger partial charge in [0.15, 0.2) is 5.82 Å². The van der Waals surface area contributed by atoms with E-state index < -0.39 is 12.3 Å². The van der Waals surface area contributed by atoms with Crippen LogP contribution in [0.5, 0.6) is 11.5 Å². The van der Waals surface area contributed by atoms with Gasteiger partial charge >= 0.3 is 12.3 Å². The Labute approximate surface area is 172 Å². The summed E-state index contributed by atoms with van der Waals surface area (Å²) < 4.78 is 47.2. The molecular weight excluding hydrogens is 419 g/mol. The molecule has 0 aliphatic carbocycles. The Kier molecular flexibility index (Phi) is 6.26. The summed E-state index contributed by atoms with van der Waals surface area (Å²) in [4.78, 5) is 18.5. The maximum Gasteiger partial charge on any atom is 0.573 e. The number of carbonyl (C=O) groups is 1. The molecule has 0 radical (unpaired) electrons. The fourth-order valence-electron chi connectivity index (χ4n) is 2.55. The van der Waals surface area contributed by atoms with Crippen molar-refractivity contribution < 1.29 is 27.4 Å². The number of anilines is 1. The Balaban J connectivity index is 1.68. The van der Waals surface area contributed by atoms with Crippen LogP contribution in [0.1, 0.15) is 16.2 Å². The number of nitrogens with zero attached hydrogens (tertiary/aromatic N) is 5. The fraction of sp³-hybridized carbons (Fsp3) is 0.167. The van der Waals surface area contributed by atoms with Crippen LogP contribution in [0.15, 0.2) is 53.9 Å². The fourth-order valence-corrected chi connectivity index (χ4v) is 2.55. The molecule has 3 rings (SSSR count). The van der Waals surface area contributed by atoms with Crippen LogP contribution >= 0.6 is 0 Å². The van der Waals surface area contributed by atoms with Crippen molar-refractivity contribution in [1.82, 2.24) is 19.7 Å². The summed E-state index contributed by atoms with van der Waals surface area (Å²) in [5, 5.41) is 10.5. The van der Waals surface area contributed by atoms with Crippen molar-refractivity contribution in [3.05, 3.63) is 60.2 Å². The molecule has 10 nitrogen and oxygen atoms in total. The van der Waals surface area contributed by atoms with Crippen molar-refractivity contribution in [2.45, 2.75) is 12.9 Å². The van der Waals surface area contributed by atoms with E-state index in [4.69, 9.17) is 10.3 Å². The highest BCUT2D eigenvalue weighted by Crippen LogP contribution is 2.26. The van der Waals surface area contributed by atoms with E-state index in [1.54, 1.807) is 6.07 Å². The number of alkyl halides is 3. The number of hydrogen-bond acceptors (Lipinski definition) is 7. The SMILES string of the molecule is COc1cc(C(=O)N=[N+]=N)ccc1NCc1ncn(-c2ccc(OC(F)(F)F)cc2)n1. The molecule has 0 aliphatic rings. The monoisotopic (exact) mass is 434 g/mol. The third kappa shape index (κ3) is 5.64. The van der Waals surface area contributed by atoms with Crippen LogP contribution < -0.4 is 19.7 Å². The number of ether oxygens (including phenoxy) is 2. The summed E-state index contributed by atoms with van der Waals surface area (Å²) in [5.41, 5.74) is 7.89. The first-order valence-electron chi connectivity index (χ1n) is 8.59. The predicted molar refractivity (Wildman–Crippen MR) is 100.0 cm³/mol. The number of nitrogens with one attached hydrogen (secondary N) is 2. The van der Waals surface area contributed by atoms with E-state index in [-0.39, 0.29) is 17.9 Å². The van der Waals surface area contributed by atoms with Crippen molar-refractivity contribution in [2.24, 2.45) is 5.11 Å². The highest BCUT2D eigenvalue weighted by atomic mass is 19.4. The van der Waals surface area contributed by atoms with Crippen LogP contribution in [0.3, 0.4) is 0 Å². The molecule has 2 aromatic carbocycles. The first-order valence-corrected chi connectivity index (χ1v) is 8.59. The number of halogens is 3. The summed E-state index contributed by atoms with van der Waals surface area (Å²) in [6, 6.07) is 9.74. The normalized spacial score (nSPS) is 10.8. The van der Waals surface area contributed by atoms with E-state index in [2.05, 4.69) is 30.2 Å². The molecule has 13 heteroatoms. The van der Waals surface area contributed by atoms with Crippen molar-refractivity contribution in [1.29, 1.82) is 5.53 Å². The Morgan fingerprint density at radius 1 is 1.26 bits per heavy atom. The molecule has 0 fully saturated rings. The minimum atomic E-state index is -4.76. The lowest BCUT2D eigenvalue weighted by Crippen LogP contribution is -2.17. The number of amides is 1. The summed E-state index contributed by atoms with van der Waals surface area (Å²) in [5.74, 6) is -0.241. The van der Waals surface area contributed by atoms with Gasteiger partial charge < -0.3 is 14.8 Å². The number of hydrogen-bond donors (Lipinski definition) is 2. The molecule has 0 bridgehead atoms. The van der Waals surface area contributed by atoms with E-state index in [1.807, 2.05) is 0 Å². The van der Waals surface area contributed by atoms with Gasteiger partial charge in [-0.2, -0.15) is 0 Å². The Morgan fingerprint density at radius 3 is 2.65 bits per heavy atom. The average molecular weight is 434 g/mol. The van der Waals surface area contributed by atoms with Crippen LogP contribution in [0, 0.1) is 5.53 Å². The molecule has 0 saturated heterocycles. The molecule has 160 valence electrons. The second-order valence-electron chi connectivity index (χ2n) is 5.92. The molecule has 1 aromatic heterocycles. The van der Waals surface area contributed by atoms with Crippen LogP contribution in [0.2, 0.25) is 0 Å². The third-order valence-corrected chi connectivity index (χ3v) is 3.90. The summed E-state index contributed by atoms with van der Waals surface area (Å²) >= 11 is 0. The zero-order chi connectivity index (χ0) is 22.4. The smallest absolute Gasteiger partial charge is 0.495 e. The zero-order valence-corrected chi connectivity index (χ0v) is 15.9. The van der Waals surface area contributed by atoms with Gasteiger partial charge in [0.2, 0.25) is 10.0 Å². The van der Waals surface area contributed by atoms with Crippen molar-refractivity contribution in [3.63, 3.8) is 0 Å². The number of benzene rings is 2. The first-order chi connectivity index (χ1) is 14.8. The standard InChI is InChI=1S/C18H14F3N7O3/c1-30-15-8-11(17(29)25-27-22)2-7-14(15)23-9-16-24-10-28(26-16)12-3-5-13(6-4-12)31-18(19,20)21/h2-8,10,22H,9H2,1H3/p+1. The lowest BCUT2D eigenvalue weighted by atomic mass is 10.2. The van der Waals surface area contributed by atoms with Gasteiger partial charge in [-0.25, -0.2) is 9.67 Å². The minimum Gasteiger partial charge on any atom is -0.495 e. The van der Waals surface area contributed by atoms with Gasteiger partial charge in [-0.3, -0.25) is 4.79 Å². The van der Waals surface area contributed by atoms with E-state index in [0.717, 1.165) is 0 Å². The second-order valence-corrected chi connectivity index (χ2v) is 5.92. The molecule has 0 saturated carbocycles. The molecular formula is C18H15F3N7O3+. The Morgan fingerprint density at radius 2 is 2.00 bits per heavy atom. The molecule has 1 heterocycles. The van der Waals surface area contributed by atoms with Gasteiger partial charge in [-0.15, -0.1) is 18.3 Å². The predicted octanol–water partition coefficient (Wildman–Crippen LogP) is 3.48. The maximum atomic E-state index is 12.2. The van der Waals surface area contributed by atoms with E-state index in [0.29, 0.717) is 22.9 Å². The van der Waals surface area contributed by atoms with Crippen LogP contribution in [-0.4, -0.2) is 34.1 Å². The van der Waals surface area contributed by atoms with E-state index >= 15 is 0 Å². The number of rotatable bonds is 7.